The SMILES string of the molecule is CCc1ccc([C@@H]2[C@@H](N)[C@H]2S(=O)(=O)c2ccccc2)cc1. The van der Waals surface area contributed by atoms with Gasteiger partial charge in [-0.05, 0) is 29.7 Å². The molecule has 0 saturated heterocycles. The van der Waals surface area contributed by atoms with Crippen molar-refractivity contribution in [1.82, 2.24) is 0 Å². The van der Waals surface area contributed by atoms with Crippen LogP contribution in [0.3, 0.4) is 0 Å². The molecule has 2 N–H and O–H groups in total. The van der Waals surface area contributed by atoms with Crippen LogP contribution < -0.4 is 5.73 Å². The predicted molar refractivity (Wildman–Crippen MR) is 84.0 cm³/mol. The Morgan fingerprint density at radius 3 is 2.19 bits per heavy atom. The van der Waals surface area contributed by atoms with Crippen LogP contribution in [0.15, 0.2) is 59.5 Å². The molecule has 0 spiro atoms. The first kappa shape index (κ1) is 14.3. The molecule has 1 aliphatic carbocycles. The smallest absolute Gasteiger partial charge is 0.183 e. The minimum atomic E-state index is -3.35. The summed E-state index contributed by atoms with van der Waals surface area (Å²) in [4.78, 5) is 0.359. The Kier molecular flexibility index (Phi) is 3.59. The molecule has 0 aromatic heterocycles. The molecule has 1 aliphatic rings. The van der Waals surface area contributed by atoms with E-state index in [-0.39, 0.29) is 12.0 Å². The van der Waals surface area contributed by atoms with E-state index < -0.39 is 15.1 Å². The number of aryl methyl sites for hydroxylation is 1. The summed E-state index contributed by atoms with van der Waals surface area (Å²) in [6, 6.07) is 16.4. The molecule has 3 atom stereocenters. The number of rotatable bonds is 4. The molecular weight excluding hydrogens is 282 g/mol. The van der Waals surface area contributed by atoms with Gasteiger partial charge in [0.15, 0.2) is 9.84 Å². The second-order valence-electron chi connectivity index (χ2n) is 5.52. The predicted octanol–water partition coefficient (Wildman–Crippen LogP) is 2.52. The Morgan fingerprint density at radius 1 is 1.00 bits per heavy atom. The summed E-state index contributed by atoms with van der Waals surface area (Å²) in [6.45, 7) is 2.10. The van der Waals surface area contributed by atoms with Crippen molar-refractivity contribution in [3.63, 3.8) is 0 Å². The molecule has 110 valence electrons. The van der Waals surface area contributed by atoms with Crippen molar-refractivity contribution in [1.29, 1.82) is 0 Å². The van der Waals surface area contributed by atoms with Crippen LogP contribution in [-0.4, -0.2) is 19.7 Å². The molecule has 3 nitrogen and oxygen atoms in total. The van der Waals surface area contributed by atoms with Gasteiger partial charge in [0.05, 0.1) is 10.1 Å². The van der Waals surface area contributed by atoms with Crippen LogP contribution in [0, 0.1) is 0 Å². The molecule has 0 bridgehead atoms. The molecule has 0 heterocycles. The summed E-state index contributed by atoms with van der Waals surface area (Å²) < 4.78 is 25.3. The van der Waals surface area contributed by atoms with E-state index >= 15 is 0 Å². The third-order valence-corrected chi connectivity index (χ3v) is 6.46. The second-order valence-corrected chi connectivity index (χ2v) is 7.63. The molecule has 2 aromatic carbocycles. The van der Waals surface area contributed by atoms with Gasteiger partial charge in [-0.1, -0.05) is 49.4 Å². The molecular formula is C17H19NO2S. The average Bonchev–Trinajstić information content (AvgIpc) is 3.20. The van der Waals surface area contributed by atoms with Gasteiger partial charge in [-0.25, -0.2) is 8.42 Å². The van der Waals surface area contributed by atoms with Gasteiger partial charge in [-0.2, -0.15) is 0 Å². The molecule has 3 rings (SSSR count). The Bertz CT molecular complexity index is 723. The molecule has 1 saturated carbocycles. The van der Waals surface area contributed by atoms with Crippen molar-refractivity contribution < 1.29 is 8.42 Å². The highest BCUT2D eigenvalue weighted by atomic mass is 32.2. The van der Waals surface area contributed by atoms with Crippen LogP contribution in [0.25, 0.3) is 0 Å². The molecule has 4 heteroatoms. The summed E-state index contributed by atoms with van der Waals surface area (Å²) in [7, 11) is -3.35. The van der Waals surface area contributed by atoms with E-state index in [1.807, 2.05) is 30.3 Å². The topological polar surface area (TPSA) is 60.2 Å². The summed E-state index contributed by atoms with van der Waals surface area (Å²) in [5.74, 6) is -0.0962. The first-order valence-corrected chi connectivity index (χ1v) is 8.73. The maximum Gasteiger partial charge on any atom is 0.183 e. The van der Waals surface area contributed by atoms with Gasteiger partial charge in [0.2, 0.25) is 0 Å². The fraction of sp³-hybridized carbons (Fsp3) is 0.294. The fourth-order valence-corrected chi connectivity index (χ4v) is 4.93. The average molecular weight is 301 g/mol. The minimum Gasteiger partial charge on any atom is -0.326 e. The van der Waals surface area contributed by atoms with Gasteiger partial charge in [0, 0.05) is 12.0 Å². The van der Waals surface area contributed by atoms with Gasteiger partial charge < -0.3 is 5.73 Å². The van der Waals surface area contributed by atoms with Gasteiger partial charge >= 0.3 is 0 Å². The van der Waals surface area contributed by atoms with Crippen LogP contribution in [0.2, 0.25) is 0 Å². The molecule has 0 unspecified atom stereocenters. The lowest BCUT2D eigenvalue weighted by atomic mass is 10.1. The largest absolute Gasteiger partial charge is 0.326 e. The zero-order valence-electron chi connectivity index (χ0n) is 11.9. The number of hydrogen-bond donors (Lipinski definition) is 1. The minimum absolute atomic E-state index is 0.0962. The van der Waals surface area contributed by atoms with Crippen LogP contribution in [-0.2, 0) is 16.3 Å². The summed E-state index contributed by atoms with van der Waals surface area (Å²) in [5, 5.41) is -0.507. The number of nitrogens with two attached hydrogens (primary N) is 1. The van der Waals surface area contributed by atoms with Gasteiger partial charge in [0.25, 0.3) is 0 Å². The fourth-order valence-electron chi connectivity index (χ4n) is 2.86. The van der Waals surface area contributed by atoms with E-state index in [0.29, 0.717) is 4.90 Å². The third kappa shape index (κ3) is 2.49. The van der Waals surface area contributed by atoms with Crippen LogP contribution in [0.4, 0.5) is 0 Å². The number of sulfone groups is 1. The van der Waals surface area contributed by atoms with Crippen molar-refractivity contribution >= 4 is 9.84 Å². The van der Waals surface area contributed by atoms with E-state index in [1.165, 1.54) is 5.56 Å². The van der Waals surface area contributed by atoms with Crippen molar-refractivity contribution in [2.45, 2.75) is 35.4 Å². The number of hydrogen-bond acceptors (Lipinski definition) is 3. The van der Waals surface area contributed by atoms with E-state index in [2.05, 4.69) is 6.92 Å². The number of benzene rings is 2. The van der Waals surface area contributed by atoms with Crippen LogP contribution in [0.1, 0.15) is 24.0 Å². The van der Waals surface area contributed by atoms with E-state index in [4.69, 9.17) is 5.73 Å². The monoisotopic (exact) mass is 301 g/mol. The standard InChI is InChI=1S/C17H19NO2S/c1-2-12-8-10-13(11-9-12)15-16(18)17(15)21(19,20)14-6-4-3-5-7-14/h3-11,15-17H,2,18H2,1H3/t15-,16-,17+/m1/s1. The maximum atomic E-state index is 12.6. The lowest BCUT2D eigenvalue weighted by molar-refractivity contribution is 0.593. The molecule has 1 fully saturated rings. The highest BCUT2D eigenvalue weighted by Crippen LogP contribution is 2.46. The molecule has 2 aromatic rings. The van der Waals surface area contributed by atoms with E-state index in [0.717, 1.165) is 12.0 Å². The maximum absolute atomic E-state index is 12.6. The zero-order chi connectivity index (χ0) is 15.0. The zero-order valence-corrected chi connectivity index (χ0v) is 12.8. The van der Waals surface area contributed by atoms with Crippen molar-refractivity contribution in [3.05, 3.63) is 65.7 Å². The van der Waals surface area contributed by atoms with Crippen LogP contribution in [0.5, 0.6) is 0 Å². The normalized spacial score (nSPS) is 24.8. The Morgan fingerprint density at radius 2 is 1.62 bits per heavy atom. The van der Waals surface area contributed by atoms with Crippen molar-refractivity contribution in [2.24, 2.45) is 5.73 Å². The summed E-state index contributed by atoms with van der Waals surface area (Å²) in [5.41, 5.74) is 8.32. The first-order valence-electron chi connectivity index (χ1n) is 7.19. The molecule has 0 radical (unpaired) electrons. The first-order chi connectivity index (χ1) is 10.1. The van der Waals surface area contributed by atoms with E-state index in [1.54, 1.807) is 24.3 Å². The Balaban J connectivity index is 1.88. The summed E-state index contributed by atoms with van der Waals surface area (Å²) in [6.07, 6.45) is 0.975. The van der Waals surface area contributed by atoms with Crippen molar-refractivity contribution in [2.75, 3.05) is 0 Å². The quantitative estimate of drug-likeness (QED) is 0.944. The van der Waals surface area contributed by atoms with Crippen LogP contribution >= 0.6 is 0 Å². The lowest BCUT2D eigenvalue weighted by Gasteiger charge is -2.04. The Labute approximate surface area is 125 Å². The van der Waals surface area contributed by atoms with Crippen molar-refractivity contribution in [3.8, 4) is 0 Å². The molecule has 21 heavy (non-hydrogen) atoms. The Hall–Kier alpha value is -1.65. The highest BCUT2D eigenvalue weighted by Gasteiger charge is 2.56. The summed E-state index contributed by atoms with van der Waals surface area (Å²) >= 11 is 0. The molecule has 0 amide bonds. The third-order valence-electron chi connectivity index (χ3n) is 4.21. The van der Waals surface area contributed by atoms with Gasteiger partial charge in [-0.3, -0.25) is 0 Å². The second kappa shape index (κ2) is 5.28. The highest BCUT2D eigenvalue weighted by molar-refractivity contribution is 7.92. The molecule has 0 aliphatic heterocycles. The van der Waals surface area contributed by atoms with Gasteiger partial charge in [-0.15, -0.1) is 0 Å². The van der Waals surface area contributed by atoms with E-state index in [9.17, 15) is 8.42 Å². The van der Waals surface area contributed by atoms with Gasteiger partial charge in [0.1, 0.15) is 0 Å². The lowest BCUT2D eigenvalue weighted by Crippen LogP contribution is -2.15.